The number of hydrogen-bond donors (Lipinski definition) is 2. The molecule has 110 valence electrons. The van der Waals surface area contributed by atoms with Gasteiger partial charge in [-0.3, -0.25) is 0 Å². The van der Waals surface area contributed by atoms with Gasteiger partial charge in [-0.25, -0.2) is 0 Å². The Bertz CT molecular complexity index is 479. The van der Waals surface area contributed by atoms with Crippen LogP contribution in [-0.2, 0) is 5.60 Å². The SMILES string of the molecule is CSc1cc(C2(O)CCCCC2)ccc1N1CC(N)C1. The highest BCUT2D eigenvalue weighted by molar-refractivity contribution is 7.98. The molecule has 3 N–H and O–H groups in total. The quantitative estimate of drug-likeness (QED) is 0.841. The third kappa shape index (κ3) is 2.57. The predicted molar refractivity (Wildman–Crippen MR) is 85.4 cm³/mol. The smallest absolute Gasteiger partial charge is 0.0897 e. The molecule has 1 saturated carbocycles. The predicted octanol–water partition coefficient (Wildman–Crippen LogP) is 2.71. The van der Waals surface area contributed by atoms with Gasteiger partial charge in [0.1, 0.15) is 0 Å². The third-order valence-electron chi connectivity index (χ3n) is 4.65. The summed E-state index contributed by atoms with van der Waals surface area (Å²) in [6.45, 7) is 1.88. The van der Waals surface area contributed by atoms with Crippen molar-refractivity contribution < 1.29 is 5.11 Å². The van der Waals surface area contributed by atoms with Crippen molar-refractivity contribution in [1.82, 2.24) is 0 Å². The fourth-order valence-corrected chi connectivity index (χ4v) is 4.01. The summed E-state index contributed by atoms with van der Waals surface area (Å²) >= 11 is 1.76. The van der Waals surface area contributed by atoms with Gasteiger partial charge in [-0.05, 0) is 36.8 Å². The lowest BCUT2D eigenvalue weighted by molar-refractivity contribution is -0.000795. The van der Waals surface area contributed by atoms with Crippen LogP contribution in [0, 0.1) is 0 Å². The zero-order valence-electron chi connectivity index (χ0n) is 12.1. The lowest BCUT2D eigenvalue weighted by Crippen LogP contribution is -2.56. The highest BCUT2D eigenvalue weighted by atomic mass is 32.2. The first-order valence-corrected chi connectivity index (χ1v) is 8.76. The van der Waals surface area contributed by atoms with Gasteiger partial charge in [-0.15, -0.1) is 11.8 Å². The van der Waals surface area contributed by atoms with Crippen molar-refractivity contribution in [2.75, 3.05) is 24.2 Å². The second-order valence-electron chi connectivity index (χ2n) is 6.14. The van der Waals surface area contributed by atoms with Gasteiger partial charge >= 0.3 is 0 Å². The number of thioether (sulfide) groups is 1. The van der Waals surface area contributed by atoms with Gasteiger partial charge in [-0.1, -0.05) is 25.3 Å². The maximum atomic E-state index is 10.9. The standard InChI is InChI=1S/C16H24N2OS/c1-20-15-9-12(16(19)7-3-2-4-8-16)5-6-14(15)18-10-13(17)11-18/h5-6,9,13,19H,2-4,7-8,10-11,17H2,1H3. The van der Waals surface area contributed by atoms with Crippen molar-refractivity contribution in [3.05, 3.63) is 23.8 Å². The number of anilines is 1. The average Bonchev–Trinajstić information content (AvgIpc) is 2.44. The number of nitrogens with zero attached hydrogens (tertiary/aromatic N) is 1. The van der Waals surface area contributed by atoms with Gasteiger partial charge in [0.15, 0.2) is 0 Å². The van der Waals surface area contributed by atoms with E-state index in [1.165, 1.54) is 17.0 Å². The fraction of sp³-hybridized carbons (Fsp3) is 0.625. The Labute approximate surface area is 125 Å². The van der Waals surface area contributed by atoms with Gasteiger partial charge in [-0.2, -0.15) is 0 Å². The molecule has 0 radical (unpaired) electrons. The van der Waals surface area contributed by atoms with Gasteiger partial charge in [0.05, 0.1) is 11.3 Å². The van der Waals surface area contributed by atoms with Crippen molar-refractivity contribution in [2.45, 2.75) is 48.6 Å². The van der Waals surface area contributed by atoms with Crippen LogP contribution < -0.4 is 10.6 Å². The minimum Gasteiger partial charge on any atom is -0.385 e. The molecule has 1 saturated heterocycles. The van der Waals surface area contributed by atoms with Crippen LogP contribution in [0.1, 0.15) is 37.7 Å². The first kappa shape index (κ1) is 14.2. The molecule has 1 aliphatic carbocycles. The molecule has 0 unspecified atom stereocenters. The number of benzene rings is 1. The van der Waals surface area contributed by atoms with Crippen LogP contribution >= 0.6 is 11.8 Å². The van der Waals surface area contributed by atoms with Crippen LogP contribution in [0.25, 0.3) is 0 Å². The van der Waals surface area contributed by atoms with E-state index in [0.717, 1.165) is 44.3 Å². The molecule has 0 atom stereocenters. The van der Waals surface area contributed by atoms with E-state index in [1.807, 2.05) is 0 Å². The minimum absolute atomic E-state index is 0.312. The van der Waals surface area contributed by atoms with Gasteiger partial charge < -0.3 is 15.7 Å². The van der Waals surface area contributed by atoms with E-state index in [9.17, 15) is 5.11 Å². The molecular formula is C16H24N2OS. The molecule has 0 amide bonds. The zero-order chi connectivity index (χ0) is 14.2. The van der Waals surface area contributed by atoms with Crippen molar-refractivity contribution >= 4 is 17.4 Å². The van der Waals surface area contributed by atoms with Crippen LogP contribution in [0.5, 0.6) is 0 Å². The molecule has 2 aliphatic rings. The molecule has 0 aromatic heterocycles. The van der Waals surface area contributed by atoms with Crippen LogP contribution in [-0.4, -0.2) is 30.5 Å². The lowest BCUT2D eigenvalue weighted by Gasteiger charge is -2.40. The third-order valence-corrected chi connectivity index (χ3v) is 5.42. The lowest BCUT2D eigenvalue weighted by atomic mass is 9.79. The Morgan fingerprint density at radius 3 is 2.55 bits per heavy atom. The summed E-state index contributed by atoms with van der Waals surface area (Å²) in [6, 6.07) is 6.78. The van der Waals surface area contributed by atoms with Gasteiger partial charge in [0, 0.05) is 24.0 Å². The Balaban J connectivity index is 1.86. The van der Waals surface area contributed by atoms with E-state index in [-0.39, 0.29) is 0 Å². The van der Waals surface area contributed by atoms with Crippen molar-refractivity contribution in [3.63, 3.8) is 0 Å². The molecule has 0 spiro atoms. The summed E-state index contributed by atoms with van der Waals surface area (Å²) in [5.74, 6) is 0. The normalized spacial score (nSPS) is 22.6. The second-order valence-corrected chi connectivity index (χ2v) is 6.99. The number of aliphatic hydroxyl groups is 1. The van der Waals surface area contributed by atoms with Crippen LogP contribution in [0.3, 0.4) is 0 Å². The number of nitrogens with two attached hydrogens (primary N) is 1. The Morgan fingerprint density at radius 2 is 1.95 bits per heavy atom. The molecule has 20 heavy (non-hydrogen) atoms. The summed E-state index contributed by atoms with van der Waals surface area (Å²) in [5, 5.41) is 10.9. The summed E-state index contributed by atoms with van der Waals surface area (Å²) in [7, 11) is 0. The monoisotopic (exact) mass is 292 g/mol. The van der Waals surface area contributed by atoms with Crippen LogP contribution in [0.4, 0.5) is 5.69 Å². The van der Waals surface area contributed by atoms with E-state index in [4.69, 9.17) is 5.73 Å². The van der Waals surface area contributed by atoms with Crippen molar-refractivity contribution in [3.8, 4) is 0 Å². The molecule has 4 heteroatoms. The highest BCUT2D eigenvalue weighted by Gasteiger charge is 2.32. The van der Waals surface area contributed by atoms with E-state index < -0.39 is 5.60 Å². The van der Waals surface area contributed by atoms with Gasteiger partial charge in [0.2, 0.25) is 0 Å². The molecule has 1 aromatic carbocycles. The summed E-state index contributed by atoms with van der Waals surface area (Å²) in [4.78, 5) is 3.58. The summed E-state index contributed by atoms with van der Waals surface area (Å²) < 4.78 is 0. The van der Waals surface area contributed by atoms with Crippen LogP contribution in [0.15, 0.2) is 23.1 Å². The molecular weight excluding hydrogens is 268 g/mol. The number of rotatable bonds is 3. The van der Waals surface area contributed by atoms with E-state index in [1.54, 1.807) is 11.8 Å². The zero-order valence-corrected chi connectivity index (χ0v) is 13.0. The molecule has 1 heterocycles. The van der Waals surface area contributed by atoms with E-state index >= 15 is 0 Å². The van der Waals surface area contributed by atoms with Gasteiger partial charge in [0.25, 0.3) is 0 Å². The largest absolute Gasteiger partial charge is 0.385 e. The average molecular weight is 292 g/mol. The molecule has 1 aliphatic heterocycles. The van der Waals surface area contributed by atoms with Crippen LogP contribution in [0.2, 0.25) is 0 Å². The Morgan fingerprint density at radius 1 is 1.25 bits per heavy atom. The summed E-state index contributed by atoms with van der Waals surface area (Å²) in [5.41, 5.74) is 7.63. The van der Waals surface area contributed by atoms with E-state index in [2.05, 4.69) is 29.4 Å². The first-order valence-electron chi connectivity index (χ1n) is 7.54. The first-order chi connectivity index (χ1) is 9.62. The maximum Gasteiger partial charge on any atom is 0.0897 e. The maximum absolute atomic E-state index is 10.9. The minimum atomic E-state index is -0.605. The van der Waals surface area contributed by atoms with Crippen molar-refractivity contribution in [2.24, 2.45) is 5.73 Å². The summed E-state index contributed by atoms with van der Waals surface area (Å²) in [6.07, 6.45) is 7.42. The Hall–Kier alpha value is -0.710. The highest BCUT2D eigenvalue weighted by Crippen LogP contribution is 2.40. The molecule has 1 aromatic rings. The molecule has 3 rings (SSSR count). The molecule has 0 bridgehead atoms. The van der Waals surface area contributed by atoms with Crippen molar-refractivity contribution in [1.29, 1.82) is 0 Å². The number of hydrogen-bond acceptors (Lipinski definition) is 4. The van der Waals surface area contributed by atoms with E-state index in [0.29, 0.717) is 6.04 Å². The second kappa shape index (κ2) is 5.58. The molecule has 2 fully saturated rings. The topological polar surface area (TPSA) is 49.5 Å². The Kier molecular flexibility index (Phi) is 3.98. The molecule has 3 nitrogen and oxygen atoms in total. The fourth-order valence-electron chi connectivity index (χ4n) is 3.36.